The monoisotopic (exact) mass is 268 g/mol. The zero-order valence-corrected chi connectivity index (χ0v) is 11.0. The average Bonchev–Trinajstić information content (AvgIpc) is 2.54. The number of ketones is 1. The third kappa shape index (κ3) is 3.58. The van der Waals surface area contributed by atoms with Crippen molar-refractivity contribution in [1.29, 1.82) is 0 Å². The number of carbonyl (C=O) groups excluding carboxylic acids is 1. The molecule has 1 aromatic carbocycles. The molecule has 2 rings (SSSR count). The molecule has 0 aliphatic carbocycles. The summed E-state index contributed by atoms with van der Waals surface area (Å²) < 4.78 is 27.0. The van der Waals surface area contributed by atoms with E-state index in [4.69, 9.17) is 0 Å². The van der Waals surface area contributed by atoms with Crippen LogP contribution in [0.2, 0.25) is 0 Å². The van der Waals surface area contributed by atoms with E-state index in [0.717, 1.165) is 44.7 Å². The van der Waals surface area contributed by atoms with Gasteiger partial charge < -0.3 is 4.90 Å². The van der Waals surface area contributed by atoms with Crippen molar-refractivity contribution < 1.29 is 13.6 Å². The topological polar surface area (TPSA) is 23.6 Å². The highest BCUT2D eigenvalue weighted by molar-refractivity contribution is 5.98. The maximum Gasteiger partial charge on any atom is 0.182 e. The Morgan fingerprint density at radius 3 is 2.53 bits per heavy atom. The van der Waals surface area contributed by atoms with Gasteiger partial charge in [0.25, 0.3) is 0 Å². The number of Topliss-reactive ketones (excluding diaryl/α,β-unsaturated/α-hetero) is 1. The minimum absolute atomic E-state index is 0.0751. The van der Waals surface area contributed by atoms with Crippen LogP contribution in [0.5, 0.6) is 0 Å². The Bertz CT molecular complexity index is 445. The second-order valence-corrected chi connectivity index (χ2v) is 4.95. The molecule has 0 aromatic heterocycles. The molecule has 1 saturated heterocycles. The van der Waals surface area contributed by atoms with Gasteiger partial charge in [0.1, 0.15) is 11.6 Å². The van der Waals surface area contributed by atoms with Crippen LogP contribution >= 0.6 is 0 Å². The molecule has 3 nitrogen and oxygen atoms in total. The van der Waals surface area contributed by atoms with Crippen LogP contribution in [-0.2, 0) is 0 Å². The fraction of sp³-hybridized carbons (Fsp3) is 0.500. The maximum absolute atomic E-state index is 13.5. The van der Waals surface area contributed by atoms with Gasteiger partial charge in [-0.25, -0.2) is 8.78 Å². The van der Waals surface area contributed by atoms with E-state index in [1.54, 1.807) is 0 Å². The second-order valence-electron chi connectivity index (χ2n) is 4.95. The highest BCUT2D eigenvalue weighted by Crippen LogP contribution is 2.14. The van der Waals surface area contributed by atoms with Crippen molar-refractivity contribution in [3.05, 3.63) is 35.4 Å². The van der Waals surface area contributed by atoms with Gasteiger partial charge in [-0.2, -0.15) is 0 Å². The Balaban J connectivity index is 2.04. The van der Waals surface area contributed by atoms with Crippen molar-refractivity contribution in [3.63, 3.8) is 0 Å². The van der Waals surface area contributed by atoms with Crippen LogP contribution in [0.15, 0.2) is 18.2 Å². The molecule has 0 radical (unpaired) electrons. The van der Waals surface area contributed by atoms with E-state index in [0.29, 0.717) is 0 Å². The minimum atomic E-state index is -0.781. The van der Waals surface area contributed by atoms with Crippen molar-refractivity contribution in [2.45, 2.75) is 6.42 Å². The van der Waals surface area contributed by atoms with Gasteiger partial charge in [-0.3, -0.25) is 9.69 Å². The summed E-state index contributed by atoms with van der Waals surface area (Å²) in [5.41, 5.74) is -0.417. The van der Waals surface area contributed by atoms with Gasteiger partial charge in [0.05, 0.1) is 12.1 Å². The molecule has 0 unspecified atom stereocenters. The van der Waals surface area contributed by atoms with Crippen molar-refractivity contribution >= 4 is 5.78 Å². The SMILES string of the molecule is CN1CCCN(CC(=O)c2c(F)cccc2F)CC1. The van der Waals surface area contributed by atoms with Gasteiger partial charge in [-0.15, -0.1) is 0 Å². The van der Waals surface area contributed by atoms with Gasteiger partial charge in [-0.05, 0) is 38.7 Å². The molecule has 1 aliphatic heterocycles. The first-order chi connectivity index (χ1) is 9.08. The zero-order chi connectivity index (χ0) is 13.8. The number of hydrogen-bond donors (Lipinski definition) is 0. The van der Waals surface area contributed by atoms with Crippen LogP contribution in [0.25, 0.3) is 0 Å². The molecule has 0 amide bonds. The minimum Gasteiger partial charge on any atom is -0.305 e. The normalized spacial score (nSPS) is 18.3. The highest BCUT2D eigenvalue weighted by atomic mass is 19.1. The lowest BCUT2D eigenvalue weighted by atomic mass is 10.1. The Kier molecular flexibility index (Phi) is 4.61. The number of likely N-dealkylation sites (N-methyl/N-ethyl adjacent to an activating group) is 1. The van der Waals surface area contributed by atoms with Crippen LogP contribution in [0.1, 0.15) is 16.8 Å². The summed E-state index contributed by atoms with van der Waals surface area (Å²) in [6, 6.07) is 3.50. The van der Waals surface area contributed by atoms with Crippen LogP contribution in [0, 0.1) is 11.6 Å². The average molecular weight is 268 g/mol. The van der Waals surface area contributed by atoms with Crippen LogP contribution in [-0.4, -0.2) is 55.4 Å². The molecule has 1 fully saturated rings. The molecule has 1 aromatic rings. The molecule has 0 atom stereocenters. The number of carbonyl (C=O) groups is 1. The first-order valence-corrected chi connectivity index (χ1v) is 6.46. The maximum atomic E-state index is 13.5. The van der Waals surface area contributed by atoms with Crippen LogP contribution < -0.4 is 0 Å². The first-order valence-electron chi connectivity index (χ1n) is 6.46. The Morgan fingerprint density at radius 1 is 1.16 bits per heavy atom. The third-order valence-electron chi connectivity index (χ3n) is 3.42. The van der Waals surface area contributed by atoms with Crippen molar-refractivity contribution in [2.24, 2.45) is 0 Å². The number of rotatable bonds is 3. The lowest BCUT2D eigenvalue weighted by Gasteiger charge is -2.19. The van der Waals surface area contributed by atoms with E-state index >= 15 is 0 Å². The summed E-state index contributed by atoms with van der Waals surface area (Å²) in [6.07, 6.45) is 0.962. The van der Waals surface area contributed by atoms with E-state index < -0.39 is 23.0 Å². The smallest absolute Gasteiger partial charge is 0.182 e. The Labute approximate surface area is 111 Å². The molecule has 0 saturated carbocycles. The first kappa shape index (κ1) is 14.1. The Hall–Kier alpha value is -1.33. The van der Waals surface area contributed by atoms with Crippen LogP contribution in [0.4, 0.5) is 8.78 Å². The number of halogens is 2. The summed E-state index contributed by atoms with van der Waals surface area (Å²) in [5, 5.41) is 0. The van der Waals surface area contributed by atoms with E-state index in [-0.39, 0.29) is 6.54 Å². The summed E-state index contributed by atoms with van der Waals surface area (Å²) in [7, 11) is 2.03. The van der Waals surface area contributed by atoms with E-state index in [9.17, 15) is 13.6 Å². The van der Waals surface area contributed by atoms with Gasteiger partial charge >= 0.3 is 0 Å². The molecule has 104 valence electrons. The summed E-state index contributed by atoms with van der Waals surface area (Å²) >= 11 is 0. The summed E-state index contributed by atoms with van der Waals surface area (Å²) in [4.78, 5) is 16.2. The van der Waals surface area contributed by atoms with Crippen molar-refractivity contribution in [2.75, 3.05) is 39.8 Å². The summed E-state index contributed by atoms with van der Waals surface area (Å²) in [5.74, 6) is -2.05. The lowest BCUT2D eigenvalue weighted by molar-refractivity contribution is 0.0925. The second kappa shape index (κ2) is 6.21. The van der Waals surface area contributed by atoms with E-state index in [1.165, 1.54) is 6.07 Å². The molecular weight excluding hydrogens is 250 g/mol. The number of hydrogen-bond acceptors (Lipinski definition) is 3. The predicted octanol–water partition coefficient (Wildman–Crippen LogP) is 1.79. The Morgan fingerprint density at radius 2 is 1.84 bits per heavy atom. The standard InChI is InChI=1S/C14H18F2N2O/c1-17-6-3-7-18(9-8-17)10-13(19)14-11(15)4-2-5-12(14)16/h2,4-5H,3,6-10H2,1H3. The van der Waals surface area contributed by atoms with Gasteiger partial charge in [0.15, 0.2) is 5.78 Å². The molecule has 0 N–H and O–H groups in total. The molecule has 5 heteroatoms. The van der Waals surface area contributed by atoms with Crippen molar-refractivity contribution in [3.8, 4) is 0 Å². The van der Waals surface area contributed by atoms with Crippen molar-refractivity contribution in [1.82, 2.24) is 9.80 Å². The quantitative estimate of drug-likeness (QED) is 0.781. The predicted molar refractivity (Wildman–Crippen MR) is 69.2 cm³/mol. The van der Waals surface area contributed by atoms with Gasteiger partial charge in [-0.1, -0.05) is 6.07 Å². The van der Waals surface area contributed by atoms with E-state index in [2.05, 4.69) is 4.90 Å². The van der Waals surface area contributed by atoms with E-state index in [1.807, 2.05) is 11.9 Å². The van der Waals surface area contributed by atoms with Gasteiger partial charge in [0, 0.05) is 13.1 Å². The fourth-order valence-corrected chi connectivity index (χ4v) is 2.30. The molecule has 0 spiro atoms. The molecule has 0 bridgehead atoms. The lowest BCUT2D eigenvalue weighted by Crippen LogP contribution is -2.34. The number of nitrogens with zero attached hydrogens (tertiary/aromatic N) is 2. The molecule has 19 heavy (non-hydrogen) atoms. The largest absolute Gasteiger partial charge is 0.305 e. The highest BCUT2D eigenvalue weighted by Gasteiger charge is 2.21. The molecular formula is C14H18F2N2O. The number of benzene rings is 1. The molecule has 1 aliphatic rings. The fourth-order valence-electron chi connectivity index (χ4n) is 2.30. The third-order valence-corrected chi connectivity index (χ3v) is 3.42. The van der Waals surface area contributed by atoms with Gasteiger partial charge in [0.2, 0.25) is 0 Å². The molecule has 1 heterocycles. The summed E-state index contributed by atoms with van der Waals surface area (Å²) in [6.45, 7) is 3.46. The zero-order valence-electron chi connectivity index (χ0n) is 11.0. The van der Waals surface area contributed by atoms with Crippen LogP contribution in [0.3, 0.4) is 0 Å².